The third-order valence-corrected chi connectivity index (χ3v) is 3.96. The summed E-state index contributed by atoms with van der Waals surface area (Å²) in [5, 5.41) is 0. The maximum Gasteiger partial charge on any atom is 0.205 e. The van der Waals surface area contributed by atoms with Gasteiger partial charge in [0.05, 0.1) is 0 Å². The monoisotopic (exact) mass is 153 g/mol. The molecule has 1 nitrogen and oxygen atoms in total. The maximum atomic E-state index is 10.8. The summed E-state index contributed by atoms with van der Waals surface area (Å²) in [5.74, 6) is 0.647. The van der Waals surface area contributed by atoms with E-state index in [1.54, 1.807) is 0 Å². The molecule has 0 saturated heterocycles. The van der Waals surface area contributed by atoms with Crippen LogP contribution in [0.15, 0.2) is 0 Å². The van der Waals surface area contributed by atoms with Crippen LogP contribution >= 0.6 is 0 Å². The molecular weight excluding hydrogens is 136 g/mol. The topological polar surface area (TPSA) is 17.1 Å². The van der Waals surface area contributed by atoms with Crippen LogP contribution in [0, 0.1) is 16.7 Å². The Hall–Kier alpha value is -0.330. The van der Waals surface area contributed by atoms with Gasteiger partial charge < -0.3 is 0 Å². The zero-order chi connectivity index (χ0) is 8.70. The molecular formula is C10H17O. The summed E-state index contributed by atoms with van der Waals surface area (Å²) in [7, 11) is 0. The average molecular weight is 153 g/mol. The molecule has 0 aromatic heterocycles. The van der Waals surface area contributed by atoms with Gasteiger partial charge >= 0.3 is 0 Å². The molecule has 11 heavy (non-hydrogen) atoms. The maximum absolute atomic E-state index is 10.8. The summed E-state index contributed by atoms with van der Waals surface area (Å²) in [6.07, 6.45) is 4.38. The highest BCUT2D eigenvalue weighted by Crippen LogP contribution is 2.54. The highest BCUT2D eigenvalue weighted by Gasteiger charge is 2.50. The van der Waals surface area contributed by atoms with Crippen molar-refractivity contribution in [1.29, 1.82) is 0 Å². The first kappa shape index (κ1) is 8.76. The predicted molar refractivity (Wildman–Crippen MR) is 46.0 cm³/mol. The molecule has 1 aliphatic carbocycles. The first-order valence-corrected chi connectivity index (χ1v) is 4.33. The van der Waals surface area contributed by atoms with Gasteiger partial charge in [0.25, 0.3) is 0 Å². The van der Waals surface area contributed by atoms with Gasteiger partial charge in [0.1, 0.15) is 0 Å². The van der Waals surface area contributed by atoms with Crippen molar-refractivity contribution in [2.45, 2.75) is 40.5 Å². The Balaban J connectivity index is 2.94. The largest absolute Gasteiger partial charge is 0.290 e. The second-order valence-electron chi connectivity index (χ2n) is 4.60. The van der Waals surface area contributed by atoms with Crippen LogP contribution in [0.5, 0.6) is 0 Å². The van der Waals surface area contributed by atoms with Gasteiger partial charge in [-0.2, -0.15) is 0 Å². The Morgan fingerprint density at radius 1 is 1.36 bits per heavy atom. The lowest BCUT2D eigenvalue weighted by molar-refractivity contribution is 0.159. The highest BCUT2D eigenvalue weighted by molar-refractivity contribution is 5.62. The quantitative estimate of drug-likeness (QED) is 0.566. The first-order valence-electron chi connectivity index (χ1n) is 4.33. The van der Waals surface area contributed by atoms with E-state index in [1.165, 1.54) is 6.42 Å². The zero-order valence-corrected chi connectivity index (χ0v) is 7.90. The van der Waals surface area contributed by atoms with Crippen LogP contribution in [0.1, 0.15) is 40.5 Å². The van der Waals surface area contributed by atoms with E-state index in [0.29, 0.717) is 5.92 Å². The van der Waals surface area contributed by atoms with Gasteiger partial charge in [0.2, 0.25) is 6.29 Å². The van der Waals surface area contributed by atoms with Crippen molar-refractivity contribution in [3.8, 4) is 0 Å². The highest BCUT2D eigenvalue weighted by atomic mass is 16.1. The van der Waals surface area contributed by atoms with E-state index in [4.69, 9.17) is 0 Å². The van der Waals surface area contributed by atoms with Crippen LogP contribution < -0.4 is 0 Å². The first-order chi connectivity index (χ1) is 4.94. The van der Waals surface area contributed by atoms with Crippen LogP contribution in [-0.4, -0.2) is 6.29 Å². The molecule has 2 unspecified atom stereocenters. The number of carbonyl (C=O) groups excluding carboxylic acids is 1. The SMILES string of the molecule is CC1CCC(C)([C]=O)C1(C)C. The van der Waals surface area contributed by atoms with Crippen molar-refractivity contribution in [3.63, 3.8) is 0 Å². The van der Waals surface area contributed by atoms with E-state index in [2.05, 4.69) is 27.1 Å². The molecule has 1 heteroatoms. The molecule has 1 radical (unpaired) electrons. The molecule has 63 valence electrons. The van der Waals surface area contributed by atoms with Crippen molar-refractivity contribution in [3.05, 3.63) is 0 Å². The molecule has 1 rings (SSSR count). The Morgan fingerprint density at radius 2 is 1.91 bits per heavy atom. The fourth-order valence-electron chi connectivity index (χ4n) is 1.91. The molecule has 0 spiro atoms. The normalized spacial score (nSPS) is 42.4. The Kier molecular flexibility index (Phi) is 1.85. The Morgan fingerprint density at radius 3 is 2.09 bits per heavy atom. The molecule has 0 aliphatic heterocycles. The van der Waals surface area contributed by atoms with E-state index in [9.17, 15) is 4.79 Å². The summed E-state index contributed by atoms with van der Waals surface area (Å²) >= 11 is 0. The lowest BCUT2D eigenvalue weighted by Gasteiger charge is -2.35. The third kappa shape index (κ3) is 1.02. The second kappa shape index (κ2) is 2.33. The summed E-state index contributed by atoms with van der Waals surface area (Å²) in [4.78, 5) is 10.8. The lowest BCUT2D eigenvalue weighted by atomic mass is 9.67. The molecule has 1 fully saturated rings. The lowest BCUT2D eigenvalue weighted by Crippen LogP contribution is -2.34. The van der Waals surface area contributed by atoms with Crippen LogP contribution in [0.25, 0.3) is 0 Å². The number of hydrogen-bond donors (Lipinski definition) is 0. The third-order valence-electron chi connectivity index (χ3n) is 3.96. The molecule has 0 amide bonds. The van der Waals surface area contributed by atoms with E-state index < -0.39 is 0 Å². The van der Waals surface area contributed by atoms with Gasteiger partial charge in [-0.15, -0.1) is 0 Å². The fraction of sp³-hybridized carbons (Fsp3) is 0.900. The van der Waals surface area contributed by atoms with Gasteiger partial charge in [-0.25, -0.2) is 0 Å². The molecule has 0 aromatic rings. The number of rotatable bonds is 1. The zero-order valence-electron chi connectivity index (χ0n) is 7.90. The Labute approximate surface area is 69.2 Å². The minimum Gasteiger partial charge on any atom is -0.290 e. The van der Waals surface area contributed by atoms with Crippen molar-refractivity contribution in [1.82, 2.24) is 0 Å². The summed E-state index contributed by atoms with van der Waals surface area (Å²) < 4.78 is 0. The van der Waals surface area contributed by atoms with Crippen LogP contribution in [0.3, 0.4) is 0 Å². The van der Waals surface area contributed by atoms with E-state index in [-0.39, 0.29) is 10.8 Å². The molecule has 0 heterocycles. The molecule has 1 aliphatic rings. The standard InChI is InChI=1S/C10H17O/c1-8-5-6-10(4,7-11)9(8,2)3/h8H,5-6H2,1-4H3. The minimum atomic E-state index is -0.202. The van der Waals surface area contributed by atoms with E-state index in [1.807, 2.05) is 6.92 Å². The van der Waals surface area contributed by atoms with Crippen molar-refractivity contribution in [2.75, 3.05) is 0 Å². The summed E-state index contributed by atoms with van der Waals surface area (Å²) in [6, 6.07) is 0. The van der Waals surface area contributed by atoms with Gasteiger partial charge in [0, 0.05) is 5.41 Å². The predicted octanol–water partition coefficient (Wildman–Crippen LogP) is 2.56. The van der Waals surface area contributed by atoms with Crippen LogP contribution in [0.4, 0.5) is 0 Å². The molecule has 2 atom stereocenters. The van der Waals surface area contributed by atoms with Crippen LogP contribution in [0.2, 0.25) is 0 Å². The van der Waals surface area contributed by atoms with E-state index >= 15 is 0 Å². The van der Waals surface area contributed by atoms with Crippen molar-refractivity contribution in [2.24, 2.45) is 16.7 Å². The van der Waals surface area contributed by atoms with E-state index in [0.717, 1.165) is 6.42 Å². The van der Waals surface area contributed by atoms with Crippen molar-refractivity contribution >= 4 is 6.29 Å². The second-order valence-corrected chi connectivity index (χ2v) is 4.60. The smallest absolute Gasteiger partial charge is 0.205 e. The molecule has 1 saturated carbocycles. The summed E-state index contributed by atoms with van der Waals surface area (Å²) in [5.41, 5.74) is -0.0683. The molecule has 0 bridgehead atoms. The van der Waals surface area contributed by atoms with Gasteiger partial charge in [-0.1, -0.05) is 27.7 Å². The van der Waals surface area contributed by atoms with Gasteiger partial charge in [-0.05, 0) is 24.2 Å². The minimum absolute atomic E-state index is 0.134. The van der Waals surface area contributed by atoms with Crippen molar-refractivity contribution < 1.29 is 4.79 Å². The molecule has 0 aromatic carbocycles. The van der Waals surface area contributed by atoms with Crippen LogP contribution in [-0.2, 0) is 4.79 Å². The fourth-order valence-corrected chi connectivity index (χ4v) is 1.91. The van der Waals surface area contributed by atoms with Gasteiger partial charge in [0.15, 0.2) is 0 Å². The Bertz CT molecular complexity index is 172. The average Bonchev–Trinajstić information content (AvgIpc) is 2.15. The number of hydrogen-bond acceptors (Lipinski definition) is 1. The molecule has 0 N–H and O–H groups in total. The van der Waals surface area contributed by atoms with Gasteiger partial charge in [-0.3, -0.25) is 4.79 Å². The summed E-state index contributed by atoms with van der Waals surface area (Å²) in [6.45, 7) is 8.61.